The zero-order chi connectivity index (χ0) is 22.5. The molecule has 0 radical (unpaired) electrons. The number of nitrogens with zero attached hydrogens (tertiary/aromatic N) is 1. The molecule has 0 bridgehead atoms. The van der Waals surface area contributed by atoms with Crippen LogP contribution < -0.4 is 0 Å². The van der Waals surface area contributed by atoms with E-state index in [1.54, 1.807) is 7.05 Å². The predicted octanol–water partition coefficient (Wildman–Crippen LogP) is 2.35. The zero-order valence-corrected chi connectivity index (χ0v) is 20.6. The molecule has 0 spiro atoms. The minimum Gasteiger partial charge on any atom is -0.444 e. The Morgan fingerprint density at radius 2 is 1.00 bits per heavy atom. The van der Waals surface area contributed by atoms with Crippen molar-refractivity contribution in [1.29, 1.82) is 0 Å². The van der Waals surface area contributed by atoms with Gasteiger partial charge in [-0.15, -0.1) is 0 Å². The zero-order valence-electron chi connectivity index (χ0n) is 19.0. The first-order valence-corrected chi connectivity index (χ1v) is 11.5. The van der Waals surface area contributed by atoms with Crippen molar-refractivity contribution in [2.45, 2.75) is 26.4 Å². The summed E-state index contributed by atoms with van der Waals surface area (Å²) in [5.74, 6) is 0. The van der Waals surface area contributed by atoms with Crippen LogP contribution >= 0.6 is 15.9 Å². The van der Waals surface area contributed by atoms with Gasteiger partial charge in [-0.2, -0.15) is 0 Å². The normalized spacial score (nSPS) is 11.6. The summed E-state index contributed by atoms with van der Waals surface area (Å²) in [4.78, 5) is 13.3. The fourth-order valence-corrected chi connectivity index (χ4v) is 2.12. The highest BCUT2D eigenvalue weighted by Gasteiger charge is 2.19. The van der Waals surface area contributed by atoms with Crippen molar-refractivity contribution < 1.29 is 38.0 Å². The number of alkyl halides is 1. The molecule has 9 nitrogen and oxygen atoms in total. The van der Waals surface area contributed by atoms with Crippen molar-refractivity contribution in [3.63, 3.8) is 0 Å². The molecular weight excluding hydrogens is 462 g/mol. The molecule has 0 aromatic heterocycles. The van der Waals surface area contributed by atoms with E-state index < -0.39 is 5.60 Å². The maximum atomic E-state index is 11.8. The molecule has 0 saturated heterocycles. The second-order valence-electron chi connectivity index (χ2n) is 7.27. The topological polar surface area (TPSA) is 84.9 Å². The maximum absolute atomic E-state index is 11.8. The van der Waals surface area contributed by atoms with Gasteiger partial charge in [0.25, 0.3) is 0 Å². The summed E-state index contributed by atoms with van der Waals surface area (Å²) in [5.41, 5.74) is -0.495. The molecule has 1 amide bonds. The predicted molar refractivity (Wildman–Crippen MR) is 118 cm³/mol. The Hall–Kier alpha value is -0.490. The first-order valence-electron chi connectivity index (χ1n) is 10.3. The average Bonchev–Trinajstić information content (AvgIpc) is 2.68. The largest absolute Gasteiger partial charge is 0.444 e. The second kappa shape index (κ2) is 20.4. The third-order valence-corrected chi connectivity index (χ3v) is 3.68. The van der Waals surface area contributed by atoms with Gasteiger partial charge in [-0.25, -0.2) is 4.79 Å². The Morgan fingerprint density at radius 3 is 1.33 bits per heavy atom. The summed E-state index contributed by atoms with van der Waals surface area (Å²) in [6.07, 6.45) is -0.355. The Bertz CT molecular complexity index is 395. The van der Waals surface area contributed by atoms with Crippen LogP contribution in [-0.4, -0.2) is 115 Å². The van der Waals surface area contributed by atoms with E-state index in [0.29, 0.717) is 85.8 Å². The first kappa shape index (κ1) is 29.5. The van der Waals surface area contributed by atoms with E-state index >= 15 is 0 Å². The van der Waals surface area contributed by atoms with Gasteiger partial charge >= 0.3 is 6.09 Å². The third-order valence-electron chi connectivity index (χ3n) is 3.36. The lowest BCUT2D eigenvalue weighted by Gasteiger charge is -2.24. The number of amides is 1. The van der Waals surface area contributed by atoms with Crippen LogP contribution in [-0.2, 0) is 33.2 Å². The van der Waals surface area contributed by atoms with E-state index in [-0.39, 0.29) is 6.09 Å². The molecule has 0 aromatic carbocycles. The van der Waals surface area contributed by atoms with E-state index in [1.807, 2.05) is 20.8 Å². The van der Waals surface area contributed by atoms with Crippen molar-refractivity contribution in [3.8, 4) is 0 Å². The molecule has 0 saturated carbocycles. The summed E-state index contributed by atoms with van der Waals surface area (Å²) in [5, 5.41) is 0.837. The number of rotatable bonds is 20. The highest BCUT2D eigenvalue weighted by molar-refractivity contribution is 9.09. The summed E-state index contributed by atoms with van der Waals surface area (Å²) in [6.45, 7) is 12.4. The lowest BCUT2D eigenvalue weighted by Crippen LogP contribution is -2.36. The van der Waals surface area contributed by atoms with Crippen LogP contribution in [0.15, 0.2) is 0 Å². The van der Waals surface area contributed by atoms with E-state index in [1.165, 1.54) is 4.90 Å². The molecule has 10 heteroatoms. The van der Waals surface area contributed by atoms with Crippen LogP contribution in [0.1, 0.15) is 20.8 Å². The molecule has 0 unspecified atom stereocenters. The van der Waals surface area contributed by atoms with Gasteiger partial charge in [-0.05, 0) is 20.8 Å². The summed E-state index contributed by atoms with van der Waals surface area (Å²) in [7, 11) is 1.68. The van der Waals surface area contributed by atoms with Gasteiger partial charge in [-0.1, -0.05) is 15.9 Å². The van der Waals surface area contributed by atoms with Crippen LogP contribution in [0.3, 0.4) is 0 Å². The van der Waals surface area contributed by atoms with Crippen molar-refractivity contribution >= 4 is 22.0 Å². The number of likely N-dealkylation sites (N-methyl/N-ethyl adjacent to an activating group) is 1. The van der Waals surface area contributed by atoms with E-state index in [9.17, 15) is 4.79 Å². The van der Waals surface area contributed by atoms with Gasteiger partial charge < -0.3 is 38.1 Å². The highest BCUT2D eigenvalue weighted by Crippen LogP contribution is 2.08. The van der Waals surface area contributed by atoms with Crippen LogP contribution in [0.2, 0.25) is 0 Å². The van der Waals surface area contributed by atoms with E-state index in [4.69, 9.17) is 33.2 Å². The minimum absolute atomic E-state index is 0.355. The summed E-state index contributed by atoms with van der Waals surface area (Å²) >= 11 is 3.29. The van der Waals surface area contributed by atoms with Crippen LogP contribution in [0.25, 0.3) is 0 Å². The molecule has 0 aliphatic rings. The average molecular weight is 502 g/mol. The number of carbonyl (C=O) groups is 1. The SMILES string of the molecule is CN(CCOCCOCCOCCOCCOCCOCCBr)C(=O)OC(C)(C)C. The molecule has 0 heterocycles. The fourth-order valence-electron chi connectivity index (χ4n) is 1.89. The number of hydrogen-bond donors (Lipinski definition) is 0. The van der Waals surface area contributed by atoms with Crippen molar-refractivity contribution in [2.24, 2.45) is 0 Å². The van der Waals surface area contributed by atoms with Gasteiger partial charge in [0, 0.05) is 18.9 Å². The van der Waals surface area contributed by atoms with E-state index in [0.717, 1.165) is 5.33 Å². The Morgan fingerprint density at radius 1 is 0.667 bits per heavy atom. The van der Waals surface area contributed by atoms with Gasteiger partial charge in [0.2, 0.25) is 0 Å². The smallest absolute Gasteiger partial charge is 0.410 e. The van der Waals surface area contributed by atoms with Crippen molar-refractivity contribution in [2.75, 3.05) is 98.2 Å². The fraction of sp³-hybridized carbons (Fsp3) is 0.950. The minimum atomic E-state index is -0.495. The molecule has 0 N–H and O–H groups in total. The molecule has 0 aliphatic heterocycles. The Kier molecular flexibility index (Phi) is 20.1. The van der Waals surface area contributed by atoms with Gasteiger partial charge in [0.05, 0.1) is 79.3 Å². The summed E-state index contributed by atoms with van der Waals surface area (Å²) in [6, 6.07) is 0. The van der Waals surface area contributed by atoms with Gasteiger partial charge in [-0.3, -0.25) is 0 Å². The number of carbonyl (C=O) groups excluding carboxylic acids is 1. The lowest BCUT2D eigenvalue weighted by molar-refractivity contribution is -0.0173. The van der Waals surface area contributed by atoms with Crippen molar-refractivity contribution in [1.82, 2.24) is 4.90 Å². The molecule has 180 valence electrons. The van der Waals surface area contributed by atoms with Gasteiger partial charge in [0.15, 0.2) is 0 Å². The molecule has 0 aliphatic carbocycles. The number of hydrogen-bond acceptors (Lipinski definition) is 8. The third kappa shape index (κ3) is 22.2. The quantitative estimate of drug-likeness (QED) is 0.185. The van der Waals surface area contributed by atoms with Crippen LogP contribution in [0.4, 0.5) is 4.79 Å². The second-order valence-corrected chi connectivity index (χ2v) is 8.06. The molecule has 0 rings (SSSR count). The first-order chi connectivity index (χ1) is 14.4. The van der Waals surface area contributed by atoms with Crippen molar-refractivity contribution in [3.05, 3.63) is 0 Å². The molecule has 0 fully saturated rings. The lowest BCUT2D eigenvalue weighted by atomic mass is 10.2. The van der Waals surface area contributed by atoms with Gasteiger partial charge in [0.1, 0.15) is 5.60 Å². The molecular formula is C20H40BrNO8. The molecule has 0 aromatic rings. The molecule has 0 atom stereocenters. The standard InChI is InChI=1S/C20H40BrNO8/c1-20(2,3)30-19(23)22(4)6-8-25-10-12-27-14-16-29-18-17-28-15-13-26-11-9-24-7-5-21/h5-18H2,1-4H3. The number of halogens is 1. The van der Waals surface area contributed by atoms with E-state index in [2.05, 4.69) is 15.9 Å². The molecule has 30 heavy (non-hydrogen) atoms. The summed E-state index contributed by atoms with van der Waals surface area (Å²) < 4.78 is 37.6. The Labute approximate surface area is 189 Å². The maximum Gasteiger partial charge on any atom is 0.410 e. The monoisotopic (exact) mass is 501 g/mol. The highest BCUT2D eigenvalue weighted by atomic mass is 79.9. The number of ether oxygens (including phenoxy) is 7. The van der Waals surface area contributed by atoms with Crippen LogP contribution in [0, 0.1) is 0 Å². The Balaban J connectivity index is 3.22. The van der Waals surface area contributed by atoms with Crippen LogP contribution in [0.5, 0.6) is 0 Å².